The van der Waals surface area contributed by atoms with Gasteiger partial charge in [-0.15, -0.1) is 0 Å². The molecule has 6 nitrogen and oxygen atoms in total. The van der Waals surface area contributed by atoms with E-state index in [2.05, 4.69) is 29.3 Å². The van der Waals surface area contributed by atoms with Crippen molar-refractivity contribution in [2.75, 3.05) is 0 Å². The van der Waals surface area contributed by atoms with Crippen LogP contribution in [0.25, 0.3) is 11.6 Å². The number of rotatable bonds is 7. The predicted octanol–water partition coefficient (Wildman–Crippen LogP) is 3.58. The Balaban J connectivity index is 2.17. The third-order valence-corrected chi connectivity index (χ3v) is 3.57. The summed E-state index contributed by atoms with van der Waals surface area (Å²) in [6.07, 6.45) is 2.93. The molecule has 0 aromatic carbocycles. The average molecular weight is 305 g/mol. The first-order valence-electron chi connectivity index (χ1n) is 7.68. The molecule has 2 heterocycles. The smallest absolute Gasteiger partial charge is 0.249 e. The summed E-state index contributed by atoms with van der Waals surface area (Å²) in [5.74, 6) is 1.86. The van der Waals surface area contributed by atoms with E-state index >= 15 is 0 Å². The summed E-state index contributed by atoms with van der Waals surface area (Å²) in [5.41, 5.74) is 0. The molecule has 1 amide bonds. The fraction of sp³-hybridized carbons (Fsp3) is 0.562. The van der Waals surface area contributed by atoms with Crippen molar-refractivity contribution in [2.24, 2.45) is 11.8 Å². The van der Waals surface area contributed by atoms with Crippen LogP contribution in [0.2, 0.25) is 0 Å². The normalized spacial score (nSPS) is 14.0. The molecule has 0 radical (unpaired) electrons. The number of carbonyl (C=O) groups is 1. The average Bonchev–Trinajstić information content (AvgIpc) is 3.13. The molecular formula is C16H23N3O3. The van der Waals surface area contributed by atoms with E-state index in [1.807, 2.05) is 13.8 Å². The predicted molar refractivity (Wildman–Crippen MR) is 81.8 cm³/mol. The second-order valence-corrected chi connectivity index (χ2v) is 5.96. The van der Waals surface area contributed by atoms with Gasteiger partial charge in [0.15, 0.2) is 5.76 Å². The van der Waals surface area contributed by atoms with Crippen LogP contribution in [-0.4, -0.2) is 16.0 Å². The van der Waals surface area contributed by atoms with E-state index < -0.39 is 0 Å². The Hall–Kier alpha value is -2.11. The quantitative estimate of drug-likeness (QED) is 0.845. The monoisotopic (exact) mass is 305 g/mol. The molecule has 2 rings (SSSR count). The van der Waals surface area contributed by atoms with Gasteiger partial charge in [-0.1, -0.05) is 39.3 Å². The van der Waals surface area contributed by atoms with E-state index in [9.17, 15) is 4.79 Å². The van der Waals surface area contributed by atoms with Gasteiger partial charge in [0.25, 0.3) is 0 Å². The van der Waals surface area contributed by atoms with E-state index in [0.29, 0.717) is 29.8 Å². The summed E-state index contributed by atoms with van der Waals surface area (Å²) in [6.45, 7) is 8.15. The van der Waals surface area contributed by atoms with Crippen LogP contribution in [0, 0.1) is 11.8 Å². The van der Waals surface area contributed by atoms with Gasteiger partial charge in [-0.05, 0) is 24.0 Å². The SMILES string of the molecule is CCC(C)C(NC(=O)CC(C)C)c1nc(-c2ccco2)no1. The maximum absolute atomic E-state index is 12.1. The third kappa shape index (κ3) is 3.96. The Morgan fingerprint density at radius 1 is 1.36 bits per heavy atom. The van der Waals surface area contributed by atoms with Crippen molar-refractivity contribution in [1.82, 2.24) is 15.5 Å². The molecule has 2 unspecified atom stereocenters. The standard InChI is InChI=1S/C16H23N3O3/c1-5-11(4)14(17-13(20)9-10(2)3)16-18-15(19-22-16)12-7-6-8-21-12/h6-8,10-11,14H,5,9H2,1-4H3,(H,17,20). The fourth-order valence-corrected chi connectivity index (χ4v) is 2.15. The van der Waals surface area contributed by atoms with Crippen LogP contribution in [-0.2, 0) is 4.79 Å². The van der Waals surface area contributed by atoms with E-state index in [-0.39, 0.29) is 17.9 Å². The molecule has 0 saturated heterocycles. The fourth-order valence-electron chi connectivity index (χ4n) is 2.15. The van der Waals surface area contributed by atoms with Gasteiger partial charge in [-0.3, -0.25) is 4.79 Å². The van der Waals surface area contributed by atoms with Crippen molar-refractivity contribution in [3.05, 3.63) is 24.3 Å². The topological polar surface area (TPSA) is 81.2 Å². The second-order valence-electron chi connectivity index (χ2n) is 5.96. The minimum Gasteiger partial charge on any atom is -0.461 e. The van der Waals surface area contributed by atoms with Crippen LogP contribution < -0.4 is 5.32 Å². The minimum absolute atomic E-state index is 0.00181. The maximum Gasteiger partial charge on any atom is 0.249 e. The van der Waals surface area contributed by atoms with Gasteiger partial charge in [-0.2, -0.15) is 4.98 Å². The number of aromatic nitrogens is 2. The van der Waals surface area contributed by atoms with Gasteiger partial charge in [0.2, 0.25) is 17.6 Å². The lowest BCUT2D eigenvalue weighted by atomic mass is 9.98. The van der Waals surface area contributed by atoms with Gasteiger partial charge < -0.3 is 14.3 Å². The molecule has 22 heavy (non-hydrogen) atoms. The van der Waals surface area contributed by atoms with Crippen molar-refractivity contribution in [3.63, 3.8) is 0 Å². The largest absolute Gasteiger partial charge is 0.461 e. The molecule has 6 heteroatoms. The van der Waals surface area contributed by atoms with E-state index in [0.717, 1.165) is 6.42 Å². The van der Waals surface area contributed by atoms with Crippen molar-refractivity contribution in [2.45, 2.75) is 46.6 Å². The molecule has 2 atom stereocenters. The molecule has 0 saturated carbocycles. The van der Waals surface area contributed by atoms with E-state index in [1.54, 1.807) is 18.4 Å². The summed E-state index contributed by atoms with van der Waals surface area (Å²) >= 11 is 0. The molecular weight excluding hydrogens is 282 g/mol. The van der Waals surface area contributed by atoms with Gasteiger partial charge in [0.05, 0.1) is 6.26 Å². The van der Waals surface area contributed by atoms with E-state index in [4.69, 9.17) is 8.94 Å². The van der Waals surface area contributed by atoms with Gasteiger partial charge in [0, 0.05) is 6.42 Å². The summed E-state index contributed by atoms with van der Waals surface area (Å²) < 4.78 is 10.6. The lowest BCUT2D eigenvalue weighted by Crippen LogP contribution is -2.33. The van der Waals surface area contributed by atoms with Crippen LogP contribution >= 0.6 is 0 Å². The highest BCUT2D eigenvalue weighted by Crippen LogP contribution is 2.26. The van der Waals surface area contributed by atoms with Crippen molar-refractivity contribution < 1.29 is 13.7 Å². The minimum atomic E-state index is -0.285. The number of amides is 1. The Bertz CT molecular complexity index is 590. The molecule has 0 spiro atoms. The van der Waals surface area contributed by atoms with Crippen molar-refractivity contribution >= 4 is 5.91 Å². The number of furan rings is 1. The number of nitrogens with one attached hydrogen (secondary N) is 1. The molecule has 2 aromatic rings. The Kier molecular flexibility index (Phi) is 5.35. The zero-order valence-electron chi connectivity index (χ0n) is 13.5. The van der Waals surface area contributed by atoms with Crippen LogP contribution in [0.3, 0.4) is 0 Å². The first kappa shape index (κ1) is 16.3. The molecule has 1 N–H and O–H groups in total. The highest BCUT2D eigenvalue weighted by atomic mass is 16.5. The Morgan fingerprint density at radius 2 is 2.14 bits per heavy atom. The van der Waals surface area contributed by atoms with Crippen LogP contribution in [0.4, 0.5) is 0 Å². The summed E-state index contributed by atoms with van der Waals surface area (Å²) in [6, 6.07) is 3.25. The number of hydrogen-bond donors (Lipinski definition) is 1. The highest BCUT2D eigenvalue weighted by Gasteiger charge is 2.27. The van der Waals surface area contributed by atoms with Gasteiger partial charge in [0.1, 0.15) is 6.04 Å². The maximum atomic E-state index is 12.1. The number of nitrogens with zero attached hydrogens (tertiary/aromatic N) is 2. The van der Waals surface area contributed by atoms with Crippen molar-refractivity contribution in [1.29, 1.82) is 0 Å². The third-order valence-electron chi connectivity index (χ3n) is 3.57. The molecule has 120 valence electrons. The van der Waals surface area contributed by atoms with Crippen molar-refractivity contribution in [3.8, 4) is 11.6 Å². The van der Waals surface area contributed by atoms with Crippen LogP contribution in [0.15, 0.2) is 27.3 Å². The zero-order valence-corrected chi connectivity index (χ0v) is 13.5. The zero-order chi connectivity index (χ0) is 16.1. The highest BCUT2D eigenvalue weighted by molar-refractivity contribution is 5.76. The number of carbonyl (C=O) groups excluding carboxylic acids is 1. The number of hydrogen-bond acceptors (Lipinski definition) is 5. The van der Waals surface area contributed by atoms with Gasteiger partial charge in [-0.25, -0.2) is 0 Å². The first-order chi connectivity index (χ1) is 10.5. The van der Waals surface area contributed by atoms with Crippen LogP contribution in [0.1, 0.15) is 52.5 Å². The molecule has 0 aliphatic heterocycles. The lowest BCUT2D eigenvalue weighted by Gasteiger charge is -2.21. The Labute approximate surface area is 130 Å². The molecule has 0 aliphatic rings. The first-order valence-corrected chi connectivity index (χ1v) is 7.68. The van der Waals surface area contributed by atoms with E-state index in [1.165, 1.54) is 0 Å². The molecule has 2 aromatic heterocycles. The van der Waals surface area contributed by atoms with Crippen LogP contribution in [0.5, 0.6) is 0 Å². The second kappa shape index (κ2) is 7.24. The van der Waals surface area contributed by atoms with Gasteiger partial charge >= 0.3 is 0 Å². The summed E-state index contributed by atoms with van der Waals surface area (Å²) in [4.78, 5) is 16.4. The molecule has 0 aliphatic carbocycles. The molecule has 0 fully saturated rings. The lowest BCUT2D eigenvalue weighted by molar-refractivity contribution is -0.123. The Morgan fingerprint density at radius 3 is 2.73 bits per heavy atom. The molecule has 0 bridgehead atoms. The summed E-state index contributed by atoms with van der Waals surface area (Å²) in [7, 11) is 0. The summed E-state index contributed by atoms with van der Waals surface area (Å²) in [5, 5.41) is 6.94.